The summed E-state index contributed by atoms with van der Waals surface area (Å²) in [6, 6.07) is 0. The van der Waals surface area contributed by atoms with Crippen LogP contribution in [0.1, 0.15) is 17.4 Å². The van der Waals surface area contributed by atoms with Crippen LogP contribution >= 0.6 is 0 Å². The van der Waals surface area contributed by atoms with E-state index in [1.54, 1.807) is 0 Å². The minimum atomic E-state index is -0.316. The van der Waals surface area contributed by atoms with Gasteiger partial charge in [-0.3, -0.25) is 9.59 Å². The third-order valence-electron chi connectivity index (χ3n) is 1.45. The predicted octanol–water partition coefficient (Wildman–Crippen LogP) is -0.460. The van der Waals surface area contributed by atoms with E-state index in [2.05, 4.69) is 20.0 Å². The second kappa shape index (κ2) is 5.00. The van der Waals surface area contributed by atoms with E-state index in [-0.39, 0.29) is 17.5 Å². The highest BCUT2D eigenvalue weighted by atomic mass is 16.3. The summed E-state index contributed by atoms with van der Waals surface area (Å²) in [5.41, 5.74) is 0.229. The quantitative estimate of drug-likeness (QED) is 0.640. The maximum absolute atomic E-state index is 11.2. The molecule has 14 heavy (non-hydrogen) atoms. The standard InChI is InChI=1S/C8H11N3O3/c1-6(12)9-2-3-10-8(13)7-4-14-5-11-7/h4-5H,2-3H2,1H3,(H,9,12)(H,10,13). The topological polar surface area (TPSA) is 84.2 Å². The van der Waals surface area contributed by atoms with Crippen molar-refractivity contribution in [2.75, 3.05) is 13.1 Å². The van der Waals surface area contributed by atoms with Gasteiger partial charge in [-0.25, -0.2) is 4.98 Å². The number of carbonyl (C=O) groups is 2. The Morgan fingerprint density at radius 2 is 2.14 bits per heavy atom. The molecule has 0 fully saturated rings. The third kappa shape index (κ3) is 3.26. The van der Waals surface area contributed by atoms with Crippen LogP contribution in [0.4, 0.5) is 0 Å². The summed E-state index contributed by atoms with van der Waals surface area (Å²) in [6.45, 7) is 2.18. The minimum Gasteiger partial charge on any atom is -0.451 e. The van der Waals surface area contributed by atoms with Gasteiger partial charge in [-0.2, -0.15) is 0 Å². The largest absolute Gasteiger partial charge is 0.451 e. The molecule has 2 N–H and O–H groups in total. The van der Waals surface area contributed by atoms with Gasteiger partial charge in [0.15, 0.2) is 12.1 Å². The van der Waals surface area contributed by atoms with Gasteiger partial charge in [0, 0.05) is 20.0 Å². The first-order valence-corrected chi connectivity index (χ1v) is 4.11. The Morgan fingerprint density at radius 3 is 2.71 bits per heavy atom. The lowest BCUT2D eigenvalue weighted by molar-refractivity contribution is -0.118. The maximum atomic E-state index is 11.2. The van der Waals surface area contributed by atoms with Gasteiger partial charge in [0.2, 0.25) is 5.91 Å². The van der Waals surface area contributed by atoms with E-state index < -0.39 is 0 Å². The van der Waals surface area contributed by atoms with E-state index in [0.717, 1.165) is 0 Å². The van der Waals surface area contributed by atoms with Crippen molar-refractivity contribution in [1.29, 1.82) is 0 Å². The lowest BCUT2D eigenvalue weighted by atomic mass is 10.4. The molecule has 0 atom stereocenters. The second-order valence-corrected chi connectivity index (χ2v) is 2.61. The Bertz CT molecular complexity index is 308. The molecule has 0 aliphatic carbocycles. The maximum Gasteiger partial charge on any atom is 0.273 e. The number of aromatic nitrogens is 1. The summed E-state index contributed by atoms with van der Waals surface area (Å²) in [4.78, 5) is 25.3. The number of hydrogen-bond acceptors (Lipinski definition) is 4. The summed E-state index contributed by atoms with van der Waals surface area (Å²) in [5, 5.41) is 5.11. The Kier molecular flexibility index (Phi) is 3.66. The van der Waals surface area contributed by atoms with E-state index in [9.17, 15) is 9.59 Å². The Balaban J connectivity index is 2.19. The molecule has 2 amide bonds. The van der Waals surface area contributed by atoms with Crippen LogP contribution in [0.15, 0.2) is 17.1 Å². The van der Waals surface area contributed by atoms with Gasteiger partial charge >= 0.3 is 0 Å². The van der Waals surface area contributed by atoms with Crippen molar-refractivity contribution in [3.63, 3.8) is 0 Å². The molecule has 0 unspecified atom stereocenters. The molecule has 0 spiro atoms. The zero-order chi connectivity index (χ0) is 10.4. The molecular formula is C8H11N3O3. The molecule has 0 aliphatic rings. The minimum absolute atomic E-state index is 0.124. The first-order valence-electron chi connectivity index (χ1n) is 4.11. The van der Waals surface area contributed by atoms with Crippen LogP contribution < -0.4 is 10.6 Å². The summed E-state index contributed by atoms with van der Waals surface area (Å²) in [7, 11) is 0. The third-order valence-corrected chi connectivity index (χ3v) is 1.45. The van der Waals surface area contributed by atoms with E-state index in [1.165, 1.54) is 19.6 Å². The molecule has 1 rings (SSSR count). The highest BCUT2D eigenvalue weighted by Gasteiger charge is 2.06. The van der Waals surface area contributed by atoms with E-state index in [1.807, 2.05) is 0 Å². The Labute approximate surface area is 80.7 Å². The fourth-order valence-electron chi connectivity index (χ4n) is 0.830. The van der Waals surface area contributed by atoms with Crippen LogP contribution in [0.2, 0.25) is 0 Å². The van der Waals surface area contributed by atoms with Crippen LogP contribution in [-0.4, -0.2) is 29.9 Å². The number of nitrogens with one attached hydrogen (secondary N) is 2. The molecule has 0 aromatic carbocycles. The molecule has 76 valence electrons. The molecule has 0 saturated carbocycles. The normalized spacial score (nSPS) is 9.50. The fraction of sp³-hybridized carbons (Fsp3) is 0.375. The summed E-state index contributed by atoms with van der Waals surface area (Å²) in [6.07, 6.45) is 2.44. The lowest BCUT2D eigenvalue weighted by Crippen LogP contribution is -2.33. The monoisotopic (exact) mass is 197 g/mol. The molecule has 1 heterocycles. The zero-order valence-corrected chi connectivity index (χ0v) is 7.74. The van der Waals surface area contributed by atoms with Crippen LogP contribution in [-0.2, 0) is 4.79 Å². The molecule has 1 aromatic rings. The first kappa shape index (κ1) is 10.2. The van der Waals surface area contributed by atoms with Gasteiger partial charge in [0.05, 0.1) is 0 Å². The first-order chi connectivity index (χ1) is 6.70. The number of carbonyl (C=O) groups excluding carboxylic acids is 2. The molecule has 0 radical (unpaired) electrons. The van der Waals surface area contributed by atoms with Crippen molar-refractivity contribution < 1.29 is 14.0 Å². The smallest absolute Gasteiger partial charge is 0.273 e. The highest BCUT2D eigenvalue weighted by Crippen LogP contribution is 1.92. The average Bonchev–Trinajstić information content (AvgIpc) is 2.64. The van der Waals surface area contributed by atoms with Crippen molar-refractivity contribution >= 4 is 11.8 Å². The van der Waals surface area contributed by atoms with Crippen molar-refractivity contribution in [2.24, 2.45) is 0 Å². The molecule has 6 nitrogen and oxygen atoms in total. The van der Waals surface area contributed by atoms with E-state index in [4.69, 9.17) is 0 Å². The van der Waals surface area contributed by atoms with E-state index >= 15 is 0 Å². The Morgan fingerprint density at radius 1 is 1.43 bits per heavy atom. The van der Waals surface area contributed by atoms with Crippen LogP contribution in [0.5, 0.6) is 0 Å². The highest BCUT2D eigenvalue weighted by molar-refractivity contribution is 5.91. The van der Waals surface area contributed by atoms with Gasteiger partial charge in [-0.15, -0.1) is 0 Å². The van der Waals surface area contributed by atoms with E-state index in [0.29, 0.717) is 13.1 Å². The van der Waals surface area contributed by atoms with Crippen LogP contribution in [0.25, 0.3) is 0 Å². The number of rotatable bonds is 4. The molecule has 0 aliphatic heterocycles. The van der Waals surface area contributed by atoms with Crippen molar-refractivity contribution in [3.8, 4) is 0 Å². The summed E-state index contributed by atoms with van der Waals surface area (Å²) >= 11 is 0. The fourth-order valence-corrected chi connectivity index (χ4v) is 0.830. The zero-order valence-electron chi connectivity index (χ0n) is 7.74. The number of hydrogen-bond donors (Lipinski definition) is 2. The van der Waals surface area contributed by atoms with Crippen LogP contribution in [0, 0.1) is 0 Å². The second-order valence-electron chi connectivity index (χ2n) is 2.61. The summed E-state index contributed by atoms with van der Waals surface area (Å²) in [5.74, 6) is -0.440. The van der Waals surface area contributed by atoms with Gasteiger partial charge in [-0.05, 0) is 0 Å². The predicted molar refractivity (Wildman–Crippen MR) is 47.5 cm³/mol. The average molecular weight is 197 g/mol. The van der Waals surface area contributed by atoms with Gasteiger partial charge < -0.3 is 15.1 Å². The Hall–Kier alpha value is -1.85. The van der Waals surface area contributed by atoms with Gasteiger partial charge in [0.25, 0.3) is 5.91 Å². The molecule has 1 aromatic heterocycles. The number of amides is 2. The summed E-state index contributed by atoms with van der Waals surface area (Å²) < 4.78 is 4.64. The van der Waals surface area contributed by atoms with Gasteiger partial charge in [-0.1, -0.05) is 0 Å². The SMILES string of the molecule is CC(=O)NCCNC(=O)c1cocn1. The number of oxazole rings is 1. The van der Waals surface area contributed by atoms with Crippen molar-refractivity contribution in [1.82, 2.24) is 15.6 Å². The molecule has 0 saturated heterocycles. The molecule has 0 bridgehead atoms. The molecular weight excluding hydrogens is 186 g/mol. The van der Waals surface area contributed by atoms with Crippen molar-refractivity contribution in [2.45, 2.75) is 6.92 Å². The lowest BCUT2D eigenvalue weighted by Gasteiger charge is -2.02. The molecule has 6 heteroatoms. The van der Waals surface area contributed by atoms with Crippen LogP contribution in [0.3, 0.4) is 0 Å². The van der Waals surface area contributed by atoms with Crippen molar-refractivity contribution in [3.05, 3.63) is 18.4 Å². The van der Waals surface area contributed by atoms with Gasteiger partial charge in [0.1, 0.15) is 6.26 Å². The number of nitrogens with zero attached hydrogens (tertiary/aromatic N) is 1.